The molecular formula is C31H27N5O. The van der Waals surface area contributed by atoms with Crippen LogP contribution >= 0.6 is 0 Å². The summed E-state index contributed by atoms with van der Waals surface area (Å²) in [6.45, 7) is 7.78. The van der Waals surface area contributed by atoms with Gasteiger partial charge >= 0.3 is 0 Å². The fourth-order valence-electron chi connectivity index (χ4n) is 4.86. The van der Waals surface area contributed by atoms with E-state index in [9.17, 15) is 4.79 Å². The molecule has 6 rings (SSSR count). The number of aromatic nitrogens is 4. The number of carbonyl (C=O) groups excluding carboxylic acids is 1. The number of rotatable bonds is 2. The molecule has 1 amide bonds. The van der Waals surface area contributed by atoms with E-state index < -0.39 is 0 Å². The molecule has 3 N–H and O–H groups in total. The van der Waals surface area contributed by atoms with Crippen molar-refractivity contribution < 1.29 is 4.79 Å². The van der Waals surface area contributed by atoms with Gasteiger partial charge in [0, 0.05) is 40.2 Å². The molecule has 5 heterocycles. The molecule has 2 aliphatic heterocycles. The van der Waals surface area contributed by atoms with Crippen LogP contribution in [0.3, 0.4) is 0 Å². The summed E-state index contributed by atoms with van der Waals surface area (Å²) >= 11 is 0. The summed E-state index contributed by atoms with van der Waals surface area (Å²) in [4.78, 5) is 28.7. The summed E-state index contributed by atoms with van der Waals surface area (Å²) in [7, 11) is 0. The molecule has 182 valence electrons. The van der Waals surface area contributed by atoms with Gasteiger partial charge in [0.05, 0.1) is 22.8 Å². The van der Waals surface area contributed by atoms with Gasteiger partial charge in [-0.15, -0.1) is 0 Å². The summed E-state index contributed by atoms with van der Waals surface area (Å²) in [5, 5.41) is 2.84. The van der Waals surface area contributed by atoms with Gasteiger partial charge in [-0.3, -0.25) is 4.79 Å². The average Bonchev–Trinajstić information content (AvgIpc) is 3.70. The lowest BCUT2D eigenvalue weighted by molar-refractivity contribution is -0.114. The van der Waals surface area contributed by atoms with Gasteiger partial charge in [-0.2, -0.15) is 0 Å². The van der Waals surface area contributed by atoms with Crippen molar-refractivity contribution in [3.05, 3.63) is 88.0 Å². The largest absolute Gasteiger partial charge is 0.355 e. The number of H-pyrrole nitrogens is 2. The molecule has 0 saturated carbocycles. The fourth-order valence-corrected chi connectivity index (χ4v) is 4.86. The van der Waals surface area contributed by atoms with Gasteiger partial charge in [-0.25, -0.2) is 9.97 Å². The summed E-state index contributed by atoms with van der Waals surface area (Å²) < 4.78 is 0. The molecule has 37 heavy (non-hydrogen) atoms. The van der Waals surface area contributed by atoms with Gasteiger partial charge in [-0.1, -0.05) is 12.1 Å². The molecule has 0 aliphatic carbocycles. The quantitative estimate of drug-likeness (QED) is 0.242. The standard InChI is InChI=1S/C31H27N5O/c1-17-23-9-11-25(33-23)18(2)27-13-15-29(35-27)31(21-5-7-22(8-6-21)32-20(4)37)30-16-14-28(36-30)19(3)26-12-10-24(17)34-26/h5-16,33,36H,1-4H3,(H,32,37). The van der Waals surface area contributed by atoms with E-state index in [1.165, 1.54) is 6.92 Å². The maximum absolute atomic E-state index is 11.5. The van der Waals surface area contributed by atoms with Gasteiger partial charge in [0.2, 0.25) is 5.91 Å². The molecule has 2 aliphatic rings. The zero-order chi connectivity index (χ0) is 25.7. The number of hydrogen-bond acceptors (Lipinski definition) is 3. The van der Waals surface area contributed by atoms with Crippen LogP contribution in [0, 0.1) is 20.8 Å². The number of carbonyl (C=O) groups is 1. The van der Waals surface area contributed by atoms with Gasteiger partial charge in [0.1, 0.15) is 0 Å². The maximum atomic E-state index is 11.5. The van der Waals surface area contributed by atoms with Crippen molar-refractivity contribution in [3.63, 3.8) is 0 Å². The Bertz CT molecular complexity index is 1800. The van der Waals surface area contributed by atoms with Crippen molar-refractivity contribution >= 4 is 58.0 Å². The third kappa shape index (κ3) is 4.06. The highest BCUT2D eigenvalue weighted by Gasteiger charge is 2.14. The monoisotopic (exact) mass is 485 g/mol. The summed E-state index contributed by atoms with van der Waals surface area (Å²) in [6.07, 6.45) is 8.28. The van der Waals surface area contributed by atoms with Crippen LogP contribution in [0.1, 0.15) is 46.4 Å². The SMILES string of the molecule is CC(=O)Nc1ccc(-c2c3nc(c(C)c4ccc([nH]4)c(C)c4nc(c(C)c5ccc2[nH]5)C=C4)C=C3)cc1. The van der Waals surface area contributed by atoms with E-state index in [0.717, 1.165) is 78.3 Å². The molecule has 0 radical (unpaired) electrons. The Morgan fingerprint density at radius 2 is 1.05 bits per heavy atom. The van der Waals surface area contributed by atoms with E-state index in [2.05, 4.69) is 84.6 Å². The lowest BCUT2D eigenvalue weighted by Crippen LogP contribution is -2.05. The van der Waals surface area contributed by atoms with Crippen LogP contribution in [0.25, 0.3) is 57.5 Å². The molecule has 0 saturated heterocycles. The molecule has 6 heteroatoms. The van der Waals surface area contributed by atoms with E-state index in [-0.39, 0.29) is 5.91 Å². The number of amides is 1. The van der Waals surface area contributed by atoms with Crippen molar-refractivity contribution in [2.75, 3.05) is 5.32 Å². The van der Waals surface area contributed by atoms with Crippen LogP contribution in [-0.4, -0.2) is 25.8 Å². The summed E-state index contributed by atoms with van der Waals surface area (Å²) in [5.74, 6) is -0.0944. The van der Waals surface area contributed by atoms with Crippen molar-refractivity contribution in [1.29, 1.82) is 0 Å². The first kappa shape index (κ1) is 22.7. The van der Waals surface area contributed by atoms with E-state index >= 15 is 0 Å². The summed E-state index contributed by atoms with van der Waals surface area (Å²) in [6, 6.07) is 16.3. The second-order valence-corrected chi connectivity index (χ2v) is 9.51. The molecule has 8 bridgehead atoms. The number of fused-ring (bicyclic) bond motifs is 8. The van der Waals surface area contributed by atoms with Crippen LogP contribution in [0.5, 0.6) is 0 Å². The van der Waals surface area contributed by atoms with Crippen LogP contribution in [0.2, 0.25) is 0 Å². The van der Waals surface area contributed by atoms with E-state index in [4.69, 9.17) is 9.97 Å². The number of aromatic amines is 2. The van der Waals surface area contributed by atoms with Gasteiger partial charge in [-0.05, 0) is 104 Å². The van der Waals surface area contributed by atoms with Gasteiger partial charge < -0.3 is 15.3 Å². The highest BCUT2D eigenvalue weighted by Crippen LogP contribution is 2.32. The van der Waals surface area contributed by atoms with Crippen LogP contribution < -0.4 is 5.32 Å². The smallest absolute Gasteiger partial charge is 0.221 e. The Kier molecular flexibility index (Phi) is 5.37. The van der Waals surface area contributed by atoms with Crippen molar-refractivity contribution in [1.82, 2.24) is 19.9 Å². The van der Waals surface area contributed by atoms with Crippen LogP contribution in [0.4, 0.5) is 5.69 Å². The van der Waals surface area contributed by atoms with Gasteiger partial charge in [0.15, 0.2) is 0 Å². The number of aryl methyl sites for hydroxylation is 3. The predicted molar refractivity (Wildman–Crippen MR) is 153 cm³/mol. The van der Waals surface area contributed by atoms with E-state index in [0.29, 0.717) is 0 Å². The molecule has 3 aromatic heterocycles. The lowest BCUT2D eigenvalue weighted by Gasteiger charge is -2.07. The second-order valence-electron chi connectivity index (χ2n) is 9.51. The lowest BCUT2D eigenvalue weighted by atomic mass is 10.0. The maximum Gasteiger partial charge on any atom is 0.221 e. The number of nitrogens with one attached hydrogen (secondary N) is 3. The molecule has 0 unspecified atom stereocenters. The minimum Gasteiger partial charge on any atom is -0.355 e. The Morgan fingerprint density at radius 1 is 0.622 bits per heavy atom. The number of anilines is 1. The molecule has 6 nitrogen and oxygen atoms in total. The molecule has 1 aromatic carbocycles. The van der Waals surface area contributed by atoms with Crippen LogP contribution in [-0.2, 0) is 4.79 Å². The highest BCUT2D eigenvalue weighted by molar-refractivity contribution is 5.93. The normalized spacial score (nSPS) is 12.2. The number of hydrogen-bond donors (Lipinski definition) is 3. The highest BCUT2D eigenvalue weighted by atomic mass is 16.1. The zero-order valence-corrected chi connectivity index (χ0v) is 21.2. The second kappa shape index (κ2) is 8.75. The van der Waals surface area contributed by atoms with Gasteiger partial charge in [0.25, 0.3) is 0 Å². The van der Waals surface area contributed by atoms with Crippen molar-refractivity contribution in [2.45, 2.75) is 27.7 Å². The first-order chi connectivity index (χ1) is 17.9. The number of benzene rings is 1. The zero-order valence-electron chi connectivity index (χ0n) is 21.2. The Morgan fingerprint density at radius 3 is 1.57 bits per heavy atom. The summed E-state index contributed by atoms with van der Waals surface area (Å²) in [5.41, 5.74) is 13.8. The first-order valence-electron chi connectivity index (χ1n) is 12.3. The minimum absolute atomic E-state index is 0.0944. The number of nitrogens with zero attached hydrogens (tertiary/aromatic N) is 2. The molecule has 0 atom stereocenters. The van der Waals surface area contributed by atoms with E-state index in [1.807, 2.05) is 24.3 Å². The minimum atomic E-state index is -0.0944. The predicted octanol–water partition coefficient (Wildman–Crippen LogP) is 7.21. The molecule has 0 fully saturated rings. The molecule has 4 aromatic rings. The Labute approximate surface area is 214 Å². The first-order valence-corrected chi connectivity index (χ1v) is 12.3. The Balaban J connectivity index is 1.69. The Hall–Kier alpha value is -4.71. The average molecular weight is 486 g/mol. The third-order valence-electron chi connectivity index (χ3n) is 7.04. The van der Waals surface area contributed by atoms with Crippen molar-refractivity contribution in [2.24, 2.45) is 0 Å². The third-order valence-corrected chi connectivity index (χ3v) is 7.04. The van der Waals surface area contributed by atoms with Crippen LogP contribution in [0.15, 0.2) is 48.5 Å². The topological polar surface area (TPSA) is 86.5 Å². The molecule has 0 spiro atoms. The fraction of sp³-hybridized carbons (Fsp3) is 0.129. The van der Waals surface area contributed by atoms with Crippen molar-refractivity contribution in [3.8, 4) is 11.1 Å². The molecular weight excluding hydrogens is 458 g/mol. The van der Waals surface area contributed by atoms with E-state index in [1.54, 1.807) is 0 Å².